The van der Waals surface area contributed by atoms with Crippen molar-refractivity contribution in [2.75, 3.05) is 0 Å². The zero-order chi connectivity index (χ0) is 12.6. The average Bonchev–Trinajstić information content (AvgIpc) is 2.59. The van der Waals surface area contributed by atoms with E-state index >= 15 is 0 Å². The standard InChI is InChI=1S/C10H7F3N3O/c11-10(12,13)3-5-4-16-6-1-2-15-8(7(5)6)9(14)17/h1-2,4H,3H2,(H2,14,17). The van der Waals surface area contributed by atoms with E-state index in [1.807, 2.05) is 0 Å². The van der Waals surface area contributed by atoms with Crippen LogP contribution in [0.25, 0.3) is 5.57 Å². The van der Waals surface area contributed by atoms with Crippen LogP contribution in [0.4, 0.5) is 18.9 Å². The molecule has 0 aliphatic carbocycles. The van der Waals surface area contributed by atoms with Crippen LogP contribution in [0.15, 0.2) is 18.5 Å². The third-order valence-corrected chi connectivity index (χ3v) is 2.23. The lowest BCUT2D eigenvalue weighted by atomic mass is 10.0. The molecule has 17 heavy (non-hydrogen) atoms. The summed E-state index contributed by atoms with van der Waals surface area (Å²) in [5.41, 5.74) is 5.16. The summed E-state index contributed by atoms with van der Waals surface area (Å²) in [7, 11) is 0. The molecule has 0 saturated heterocycles. The fourth-order valence-electron chi connectivity index (χ4n) is 1.62. The number of carbonyl (C=O) groups excluding carboxylic acids is 1. The lowest BCUT2D eigenvalue weighted by Gasteiger charge is -2.09. The van der Waals surface area contributed by atoms with Gasteiger partial charge in [0.1, 0.15) is 5.69 Å². The first-order chi connectivity index (χ1) is 7.88. The summed E-state index contributed by atoms with van der Waals surface area (Å²) in [5, 5.41) is 3.80. The Morgan fingerprint density at radius 1 is 1.41 bits per heavy atom. The lowest BCUT2D eigenvalue weighted by Crippen LogP contribution is -2.16. The van der Waals surface area contributed by atoms with Gasteiger partial charge in [-0.15, -0.1) is 0 Å². The van der Waals surface area contributed by atoms with Gasteiger partial charge in [-0.1, -0.05) is 0 Å². The maximum Gasteiger partial charge on any atom is 0.393 e. The first-order valence-electron chi connectivity index (χ1n) is 4.64. The molecule has 1 radical (unpaired) electrons. The number of carbonyl (C=O) groups is 1. The maximum absolute atomic E-state index is 12.3. The largest absolute Gasteiger partial charge is 0.393 e. The normalized spacial score (nSPS) is 13.9. The highest BCUT2D eigenvalue weighted by atomic mass is 19.4. The smallest absolute Gasteiger partial charge is 0.364 e. The zero-order valence-corrected chi connectivity index (χ0v) is 8.45. The molecule has 1 aliphatic rings. The first kappa shape index (κ1) is 11.4. The summed E-state index contributed by atoms with van der Waals surface area (Å²) in [4.78, 5) is 14.8. The summed E-state index contributed by atoms with van der Waals surface area (Å²) in [6, 6.07) is 1.43. The van der Waals surface area contributed by atoms with Crippen LogP contribution in [0.1, 0.15) is 22.5 Å². The van der Waals surface area contributed by atoms with Crippen molar-refractivity contribution in [3.8, 4) is 0 Å². The molecule has 89 valence electrons. The van der Waals surface area contributed by atoms with Gasteiger partial charge in [0, 0.05) is 18.0 Å². The third kappa shape index (κ3) is 2.22. The summed E-state index contributed by atoms with van der Waals surface area (Å²) >= 11 is 0. The number of hydrogen-bond donors (Lipinski definition) is 1. The summed E-state index contributed by atoms with van der Waals surface area (Å²) in [6.07, 6.45) is -3.15. The molecule has 4 nitrogen and oxygen atoms in total. The monoisotopic (exact) mass is 242 g/mol. The second kappa shape index (κ2) is 3.76. The molecular weight excluding hydrogens is 235 g/mol. The van der Waals surface area contributed by atoms with E-state index in [2.05, 4.69) is 10.3 Å². The predicted molar refractivity (Wildman–Crippen MR) is 53.2 cm³/mol. The predicted octanol–water partition coefficient (Wildman–Crippen LogP) is 1.72. The molecule has 1 aromatic rings. The Morgan fingerprint density at radius 2 is 2.12 bits per heavy atom. The zero-order valence-electron chi connectivity index (χ0n) is 8.45. The van der Waals surface area contributed by atoms with E-state index in [1.54, 1.807) is 0 Å². The second-order valence-corrected chi connectivity index (χ2v) is 3.49. The molecule has 1 aromatic heterocycles. The molecule has 0 unspecified atom stereocenters. The minimum atomic E-state index is -4.37. The molecule has 0 aromatic carbocycles. The van der Waals surface area contributed by atoms with E-state index in [4.69, 9.17) is 5.73 Å². The van der Waals surface area contributed by atoms with E-state index in [1.165, 1.54) is 12.3 Å². The third-order valence-electron chi connectivity index (χ3n) is 2.23. The van der Waals surface area contributed by atoms with Gasteiger partial charge in [0.15, 0.2) is 0 Å². The summed E-state index contributed by atoms with van der Waals surface area (Å²) in [5.74, 6) is -0.868. The minimum absolute atomic E-state index is 0.0809. The van der Waals surface area contributed by atoms with Crippen molar-refractivity contribution in [2.45, 2.75) is 12.6 Å². The van der Waals surface area contributed by atoms with Gasteiger partial charge >= 0.3 is 6.18 Å². The SMILES string of the molecule is NC(=O)c1nccc2c1C(CC(F)(F)F)=C[N]2. The van der Waals surface area contributed by atoms with Gasteiger partial charge in [0.05, 0.1) is 12.1 Å². The maximum atomic E-state index is 12.3. The van der Waals surface area contributed by atoms with Crippen LogP contribution in [0.3, 0.4) is 0 Å². The Balaban J connectivity index is 2.44. The molecule has 0 atom stereocenters. The second-order valence-electron chi connectivity index (χ2n) is 3.49. The summed E-state index contributed by atoms with van der Waals surface area (Å²) in [6.45, 7) is 0. The van der Waals surface area contributed by atoms with Gasteiger partial charge in [-0.25, -0.2) is 0 Å². The number of rotatable bonds is 2. The molecule has 1 amide bonds. The number of pyridine rings is 1. The number of allylic oxidation sites excluding steroid dienone is 1. The molecule has 2 heterocycles. The Kier molecular flexibility index (Phi) is 2.53. The topological polar surface area (TPSA) is 70.1 Å². The van der Waals surface area contributed by atoms with Gasteiger partial charge in [0.2, 0.25) is 0 Å². The van der Waals surface area contributed by atoms with Crippen LogP contribution < -0.4 is 11.1 Å². The number of hydrogen-bond acceptors (Lipinski definition) is 2. The van der Waals surface area contributed by atoms with Crippen LogP contribution in [0.2, 0.25) is 0 Å². The minimum Gasteiger partial charge on any atom is -0.364 e. The van der Waals surface area contributed by atoms with Gasteiger partial charge < -0.3 is 5.73 Å². The fourth-order valence-corrected chi connectivity index (χ4v) is 1.62. The van der Waals surface area contributed by atoms with E-state index < -0.39 is 18.5 Å². The van der Waals surface area contributed by atoms with Crippen molar-refractivity contribution in [3.05, 3.63) is 29.7 Å². The highest BCUT2D eigenvalue weighted by Crippen LogP contribution is 2.38. The summed E-state index contributed by atoms with van der Waals surface area (Å²) < 4.78 is 36.9. The number of alkyl halides is 3. The van der Waals surface area contributed by atoms with Gasteiger partial charge in [-0.3, -0.25) is 15.1 Å². The number of halogens is 3. The molecule has 7 heteroatoms. The molecule has 0 fully saturated rings. The molecule has 2 N–H and O–H groups in total. The molecule has 0 bridgehead atoms. The Labute approximate surface area is 94.3 Å². The van der Waals surface area contributed by atoms with Gasteiger partial charge in [-0.05, 0) is 11.6 Å². The lowest BCUT2D eigenvalue weighted by molar-refractivity contribution is -0.123. The van der Waals surface area contributed by atoms with Crippen LogP contribution in [-0.4, -0.2) is 17.1 Å². The first-order valence-corrected chi connectivity index (χ1v) is 4.64. The molecule has 0 spiro atoms. The van der Waals surface area contributed by atoms with Crippen molar-refractivity contribution in [1.29, 1.82) is 0 Å². The Bertz CT molecular complexity index is 508. The average molecular weight is 242 g/mol. The van der Waals surface area contributed by atoms with Crippen LogP contribution in [0.5, 0.6) is 0 Å². The van der Waals surface area contributed by atoms with Crippen molar-refractivity contribution >= 4 is 17.2 Å². The van der Waals surface area contributed by atoms with Crippen LogP contribution in [0, 0.1) is 0 Å². The number of fused-ring (bicyclic) bond motifs is 1. The van der Waals surface area contributed by atoms with Gasteiger partial charge in [0.25, 0.3) is 5.91 Å². The fraction of sp³-hybridized carbons (Fsp3) is 0.200. The van der Waals surface area contributed by atoms with Crippen molar-refractivity contribution < 1.29 is 18.0 Å². The highest BCUT2D eigenvalue weighted by Gasteiger charge is 2.34. The van der Waals surface area contributed by atoms with E-state index in [0.717, 1.165) is 6.20 Å². The molecule has 0 saturated carbocycles. The number of aromatic nitrogens is 1. The molecule has 1 aliphatic heterocycles. The Morgan fingerprint density at radius 3 is 2.71 bits per heavy atom. The number of nitrogens with two attached hydrogens (primary N) is 1. The Hall–Kier alpha value is -2.05. The van der Waals surface area contributed by atoms with Crippen molar-refractivity contribution in [3.63, 3.8) is 0 Å². The van der Waals surface area contributed by atoms with E-state index in [9.17, 15) is 18.0 Å². The van der Waals surface area contributed by atoms with Crippen molar-refractivity contribution in [1.82, 2.24) is 10.3 Å². The number of nitrogens with zero attached hydrogens (tertiary/aromatic N) is 2. The number of primary amides is 1. The number of amides is 1. The van der Waals surface area contributed by atoms with Crippen molar-refractivity contribution in [2.24, 2.45) is 5.73 Å². The van der Waals surface area contributed by atoms with Gasteiger partial charge in [-0.2, -0.15) is 13.2 Å². The highest BCUT2D eigenvalue weighted by molar-refractivity contribution is 5.99. The van der Waals surface area contributed by atoms with Crippen LogP contribution >= 0.6 is 0 Å². The molecule has 2 rings (SSSR count). The molecular formula is C10H7F3N3O. The van der Waals surface area contributed by atoms with E-state index in [-0.39, 0.29) is 22.5 Å². The van der Waals surface area contributed by atoms with E-state index in [0.29, 0.717) is 0 Å². The van der Waals surface area contributed by atoms with Crippen LogP contribution in [-0.2, 0) is 0 Å². The quantitative estimate of drug-likeness (QED) is 0.857.